The second kappa shape index (κ2) is 8.87. The Kier molecular flexibility index (Phi) is 8.71. The highest BCUT2D eigenvalue weighted by molar-refractivity contribution is 7.99. The summed E-state index contributed by atoms with van der Waals surface area (Å²) in [5.74, 6) is 1.17. The van der Waals surface area contributed by atoms with E-state index in [0.29, 0.717) is 11.5 Å². The summed E-state index contributed by atoms with van der Waals surface area (Å²) in [5.41, 5.74) is 0. The Bertz CT molecular complexity index is 108. The van der Waals surface area contributed by atoms with Crippen molar-refractivity contribution in [1.82, 2.24) is 5.32 Å². The first-order chi connectivity index (χ1) is 5.81. The van der Waals surface area contributed by atoms with Crippen molar-refractivity contribution in [2.75, 3.05) is 24.7 Å². The third kappa shape index (κ3) is 7.88. The smallest absolute Gasteiger partial charge is 0.229 e. The fourth-order valence-electron chi connectivity index (χ4n) is 0.685. The molecule has 0 aliphatic rings. The van der Waals surface area contributed by atoms with E-state index in [0.717, 1.165) is 19.4 Å². The van der Waals surface area contributed by atoms with E-state index in [9.17, 15) is 4.79 Å². The summed E-state index contributed by atoms with van der Waals surface area (Å²) in [5, 5.41) is 11.2. The number of rotatable bonds is 7. The maximum absolute atomic E-state index is 11.0. The minimum atomic E-state index is 0.0712. The highest BCUT2D eigenvalue weighted by Crippen LogP contribution is 1.96. The summed E-state index contributed by atoms with van der Waals surface area (Å²) in [7, 11) is 0. The number of thioether (sulfide) groups is 1. The van der Waals surface area contributed by atoms with Gasteiger partial charge in [-0.3, -0.25) is 4.79 Å². The van der Waals surface area contributed by atoms with Crippen LogP contribution in [0, 0.1) is 0 Å². The Morgan fingerprint density at radius 3 is 2.92 bits per heavy atom. The zero-order valence-corrected chi connectivity index (χ0v) is 8.32. The van der Waals surface area contributed by atoms with Gasteiger partial charge in [-0.25, -0.2) is 0 Å². The van der Waals surface area contributed by atoms with Crippen LogP contribution in [0.1, 0.15) is 19.8 Å². The molecule has 12 heavy (non-hydrogen) atoms. The van der Waals surface area contributed by atoms with Crippen molar-refractivity contribution in [1.29, 1.82) is 0 Å². The molecule has 0 aromatic carbocycles. The summed E-state index contributed by atoms with van der Waals surface area (Å²) < 4.78 is 0. The van der Waals surface area contributed by atoms with Crippen molar-refractivity contribution in [2.24, 2.45) is 0 Å². The number of hydrogen-bond donors (Lipinski definition) is 2. The maximum Gasteiger partial charge on any atom is 0.229 e. The zero-order valence-electron chi connectivity index (χ0n) is 7.51. The lowest BCUT2D eigenvalue weighted by atomic mass is 10.3. The average molecular weight is 191 g/mol. The van der Waals surface area contributed by atoms with E-state index in [-0.39, 0.29) is 12.5 Å². The van der Waals surface area contributed by atoms with Crippen molar-refractivity contribution < 1.29 is 9.90 Å². The lowest BCUT2D eigenvalue weighted by Crippen LogP contribution is -2.26. The monoisotopic (exact) mass is 191 g/mol. The van der Waals surface area contributed by atoms with Crippen molar-refractivity contribution >= 4 is 17.7 Å². The molecule has 0 aliphatic carbocycles. The van der Waals surface area contributed by atoms with Gasteiger partial charge in [-0.2, -0.15) is 0 Å². The number of carbonyl (C=O) groups is 1. The van der Waals surface area contributed by atoms with Crippen LogP contribution in [0.2, 0.25) is 0 Å². The molecule has 0 radical (unpaired) electrons. The van der Waals surface area contributed by atoms with Crippen LogP contribution in [0.25, 0.3) is 0 Å². The van der Waals surface area contributed by atoms with Crippen molar-refractivity contribution in [3.63, 3.8) is 0 Å². The van der Waals surface area contributed by atoms with E-state index < -0.39 is 0 Å². The van der Waals surface area contributed by atoms with Crippen LogP contribution in [0.5, 0.6) is 0 Å². The SMILES string of the molecule is CCCCNC(=O)CSCCO. The molecule has 0 aliphatic heterocycles. The summed E-state index contributed by atoms with van der Waals surface area (Å²) in [6, 6.07) is 0. The number of aliphatic hydroxyl groups excluding tert-OH is 1. The van der Waals surface area contributed by atoms with E-state index in [1.54, 1.807) is 0 Å². The van der Waals surface area contributed by atoms with Crippen LogP contribution in [0.4, 0.5) is 0 Å². The van der Waals surface area contributed by atoms with Crippen LogP contribution in [-0.2, 0) is 4.79 Å². The van der Waals surface area contributed by atoms with Gasteiger partial charge in [0.15, 0.2) is 0 Å². The Balaban J connectivity index is 3.10. The summed E-state index contributed by atoms with van der Waals surface area (Å²) in [4.78, 5) is 11.0. The molecule has 3 nitrogen and oxygen atoms in total. The van der Waals surface area contributed by atoms with E-state index in [2.05, 4.69) is 12.2 Å². The van der Waals surface area contributed by atoms with Gasteiger partial charge in [-0.15, -0.1) is 11.8 Å². The van der Waals surface area contributed by atoms with E-state index >= 15 is 0 Å². The molecule has 0 heterocycles. The van der Waals surface area contributed by atoms with Crippen LogP contribution < -0.4 is 5.32 Å². The molecule has 4 heteroatoms. The van der Waals surface area contributed by atoms with Crippen LogP contribution in [-0.4, -0.2) is 35.7 Å². The predicted molar refractivity (Wildman–Crippen MR) is 52.3 cm³/mol. The third-order valence-corrected chi connectivity index (χ3v) is 2.26. The van der Waals surface area contributed by atoms with Gasteiger partial charge < -0.3 is 10.4 Å². The van der Waals surface area contributed by atoms with E-state index in [4.69, 9.17) is 5.11 Å². The summed E-state index contributed by atoms with van der Waals surface area (Å²) in [6.07, 6.45) is 2.14. The van der Waals surface area contributed by atoms with Gasteiger partial charge in [0.05, 0.1) is 12.4 Å². The van der Waals surface area contributed by atoms with Gasteiger partial charge in [-0.05, 0) is 6.42 Å². The largest absolute Gasteiger partial charge is 0.396 e. The van der Waals surface area contributed by atoms with Crippen LogP contribution in [0.3, 0.4) is 0 Å². The minimum absolute atomic E-state index is 0.0712. The lowest BCUT2D eigenvalue weighted by molar-refractivity contribution is -0.118. The quantitative estimate of drug-likeness (QED) is 0.580. The van der Waals surface area contributed by atoms with E-state index in [1.165, 1.54) is 11.8 Å². The zero-order chi connectivity index (χ0) is 9.23. The second-order valence-corrected chi connectivity index (χ2v) is 3.58. The third-order valence-electron chi connectivity index (χ3n) is 1.32. The van der Waals surface area contributed by atoms with Crippen molar-refractivity contribution in [2.45, 2.75) is 19.8 Å². The molecule has 0 unspecified atom stereocenters. The van der Waals surface area contributed by atoms with Crippen LogP contribution in [0.15, 0.2) is 0 Å². The fraction of sp³-hybridized carbons (Fsp3) is 0.875. The van der Waals surface area contributed by atoms with Gasteiger partial charge in [-0.1, -0.05) is 13.3 Å². The van der Waals surface area contributed by atoms with Crippen LogP contribution >= 0.6 is 11.8 Å². The molecule has 0 saturated carbocycles. The average Bonchev–Trinajstić information content (AvgIpc) is 2.06. The normalized spacial score (nSPS) is 9.83. The number of hydrogen-bond acceptors (Lipinski definition) is 3. The molecule has 0 spiro atoms. The minimum Gasteiger partial charge on any atom is -0.396 e. The molecule has 0 fully saturated rings. The topological polar surface area (TPSA) is 49.3 Å². The molecule has 0 aromatic heterocycles. The van der Waals surface area contributed by atoms with Gasteiger partial charge in [0, 0.05) is 12.3 Å². The second-order valence-electron chi connectivity index (χ2n) is 2.48. The van der Waals surface area contributed by atoms with Gasteiger partial charge in [0.25, 0.3) is 0 Å². The Labute approximate surface area is 77.9 Å². The highest BCUT2D eigenvalue weighted by Gasteiger charge is 1.98. The molecule has 0 saturated heterocycles. The fourth-order valence-corrected chi connectivity index (χ4v) is 1.25. The lowest BCUT2D eigenvalue weighted by Gasteiger charge is -2.02. The molecule has 0 rings (SSSR count). The number of nitrogens with one attached hydrogen (secondary N) is 1. The van der Waals surface area contributed by atoms with E-state index in [1.807, 2.05) is 0 Å². The molecule has 0 atom stereocenters. The van der Waals surface area contributed by atoms with Crippen molar-refractivity contribution in [3.05, 3.63) is 0 Å². The number of aliphatic hydroxyl groups is 1. The first kappa shape index (κ1) is 11.8. The molecule has 2 N–H and O–H groups in total. The van der Waals surface area contributed by atoms with Gasteiger partial charge in [0.2, 0.25) is 5.91 Å². The van der Waals surface area contributed by atoms with Gasteiger partial charge >= 0.3 is 0 Å². The Morgan fingerprint density at radius 2 is 2.33 bits per heavy atom. The van der Waals surface area contributed by atoms with Gasteiger partial charge in [0.1, 0.15) is 0 Å². The number of unbranched alkanes of at least 4 members (excludes halogenated alkanes) is 1. The summed E-state index contributed by atoms with van der Waals surface area (Å²) in [6.45, 7) is 3.01. The molecule has 1 amide bonds. The van der Waals surface area contributed by atoms with Crippen molar-refractivity contribution in [3.8, 4) is 0 Å². The Hall–Kier alpha value is -0.220. The number of amides is 1. The molecule has 72 valence electrons. The molecule has 0 bridgehead atoms. The molecule has 0 aromatic rings. The summed E-state index contributed by atoms with van der Waals surface area (Å²) >= 11 is 1.46. The standard InChI is InChI=1S/C8H17NO2S/c1-2-3-4-9-8(11)7-12-6-5-10/h10H,2-7H2,1H3,(H,9,11). The first-order valence-electron chi connectivity index (χ1n) is 4.26. The maximum atomic E-state index is 11.0. The number of carbonyl (C=O) groups excluding carboxylic acids is 1. The highest BCUT2D eigenvalue weighted by atomic mass is 32.2. The molecular formula is C8H17NO2S. The first-order valence-corrected chi connectivity index (χ1v) is 5.42. The molecular weight excluding hydrogens is 174 g/mol. The Morgan fingerprint density at radius 1 is 1.58 bits per heavy atom. The predicted octanol–water partition coefficient (Wildman–Crippen LogP) is 0.628.